The number of hydrogen-bond donors (Lipinski definition) is 0. The molecule has 0 N–H and O–H groups in total. The summed E-state index contributed by atoms with van der Waals surface area (Å²) >= 11 is 0. The predicted octanol–water partition coefficient (Wildman–Crippen LogP) is 13.4. The van der Waals surface area contributed by atoms with Gasteiger partial charge in [0, 0.05) is 37.9 Å². The van der Waals surface area contributed by atoms with Crippen LogP contribution in [0.25, 0.3) is 94.4 Å². The van der Waals surface area contributed by atoms with Crippen LogP contribution in [0.1, 0.15) is 58.2 Å². The van der Waals surface area contributed by atoms with Crippen LogP contribution in [0.15, 0.2) is 158 Å². The van der Waals surface area contributed by atoms with Gasteiger partial charge in [-0.15, -0.1) is 0 Å². The van der Waals surface area contributed by atoms with Crippen LogP contribution in [0, 0.1) is 0 Å². The highest BCUT2D eigenvalue weighted by Crippen LogP contribution is 2.40. The van der Waals surface area contributed by atoms with Gasteiger partial charge in [0.2, 0.25) is 11.9 Å². The lowest BCUT2D eigenvalue weighted by Crippen LogP contribution is -2.11. The highest BCUT2D eigenvalue weighted by molar-refractivity contribution is 6.11. The van der Waals surface area contributed by atoms with Crippen molar-refractivity contribution in [2.24, 2.45) is 0 Å². The molecular formula is C53H44N6. The minimum absolute atomic E-state index is 0.0535. The van der Waals surface area contributed by atoms with E-state index in [9.17, 15) is 1.37 Å². The second-order valence-corrected chi connectivity index (χ2v) is 17.5. The SMILES string of the molecule is [2H]c1c([2H])c([2H])c2c(c1[2H])c1ccccc1n2-c1nc(-c2ccccc2-n2c3ccc(C(C)(C)C)cc3c3cc(C(C)(C)C)ccc32)nc(-n2c3ccccc3c3ccccc32)n1. The van der Waals surface area contributed by atoms with E-state index in [0.29, 0.717) is 33.6 Å². The van der Waals surface area contributed by atoms with Gasteiger partial charge < -0.3 is 4.57 Å². The molecule has 0 aliphatic carbocycles. The van der Waals surface area contributed by atoms with Gasteiger partial charge in [0.1, 0.15) is 0 Å². The van der Waals surface area contributed by atoms with Crippen molar-refractivity contribution in [2.45, 2.75) is 52.4 Å². The fraction of sp³-hybridized carbons (Fsp3) is 0.151. The summed E-state index contributed by atoms with van der Waals surface area (Å²) in [6, 6.07) is 44.9. The van der Waals surface area contributed by atoms with Gasteiger partial charge in [0.25, 0.3) is 0 Å². The molecule has 6 nitrogen and oxygen atoms in total. The third kappa shape index (κ3) is 5.43. The van der Waals surface area contributed by atoms with E-state index in [-0.39, 0.29) is 40.9 Å². The molecule has 11 rings (SSSR count). The van der Waals surface area contributed by atoms with E-state index < -0.39 is 0 Å². The summed E-state index contributed by atoms with van der Waals surface area (Å²) in [7, 11) is 0. The Hall–Kier alpha value is -7.05. The molecule has 0 saturated carbocycles. The summed E-state index contributed by atoms with van der Waals surface area (Å²) in [4.78, 5) is 16.0. The Morgan fingerprint density at radius 1 is 0.407 bits per heavy atom. The van der Waals surface area contributed by atoms with E-state index in [4.69, 9.17) is 19.1 Å². The van der Waals surface area contributed by atoms with Crippen molar-refractivity contribution >= 4 is 65.4 Å². The Balaban J connectivity index is 1.27. The molecule has 11 aromatic rings. The van der Waals surface area contributed by atoms with Gasteiger partial charge >= 0.3 is 0 Å². The lowest BCUT2D eigenvalue weighted by Gasteiger charge is -2.19. The average Bonchev–Trinajstić information content (AvgIpc) is 3.92. The van der Waals surface area contributed by atoms with Crippen molar-refractivity contribution in [3.05, 3.63) is 169 Å². The van der Waals surface area contributed by atoms with Crippen molar-refractivity contribution in [3.63, 3.8) is 0 Å². The largest absolute Gasteiger partial charge is 0.309 e. The monoisotopic (exact) mass is 768 g/mol. The maximum absolute atomic E-state index is 9.27. The number of nitrogens with zero attached hydrogens (tertiary/aromatic N) is 6. The van der Waals surface area contributed by atoms with E-state index in [1.807, 2.05) is 66.7 Å². The normalized spacial score (nSPS) is 13.5. The van der Waals surface area contributed by atoms with Gasteiger partial charge in [-0.25, -0.2) is 0 Å². The maximum atomic E-state index is 9.27. The third-order valence-electron chi connectivity index (χ3n) is 11.8. The molecule has 0 unspecified atom stereocenters. The molecule has 0 aliphatic rings. The van der Waals surface area contributed by atoms with Crippen molar-refractivity contribution in [1.29, 1.82) is 0 Å². The molecule has 0 bridgehead atoms. The molecule has 7 aromatic carbocycles. The van der Waals surface area contributed by atoms with Gasteiger partial charge in [-0.1, -0.05) is 139 Å². The van der Waals surface area contributed by atoms with Crippen molar-refractivity contribution < 1.29 is 5.48 Å². The number of rotatable bonds is 4. The second-order valence-electron chi connectivity index (χ2n) is 17.5. The van der Waals surface area contributed by atoms with Crippen molar-refractivity contribution in [1.82, 2.24) is 28.7 Å². The molecule has 0 fully saturated rings. The lowest BCUT2D eigenvalue weighted by atomic mass is 9.85. The standard InChI is InChI=1S/C53H44N6/c1-52(2,3)33-27-29-47-40(31-33)41-32-34(53(4,5)6)28-30-48(41)57(47)46-26-16-11-21-39(46)49-54-50(58-42-22-12-7-17-35(42)36-18-8-13-23-43(36)58)56-51(55-49)59-44-24-14-9-19-37(44)38-20-10-15-25-45(38)59/h7-32H,1-6H3/i7D,12D,17D,22D. The van der Waals surface area contributed by atoms with E-state index in [1.54, 1.807) is 4.57 Å². The maximum Gasteiger partial charge on any atom is 0.240 e. The first-order valence-corrected chi connectivity index (χ1v) is 20.1. The summed E-state index contributed by atoms with van der Waals surface area (Å²) in [6.07, 6.45) is 0. The first-order valence-electron chi connectivity index (χ1n) is 22.1. The molecule has 4 aromatic heterocycles. The molecule has 0 aliphatic heterocycles. The molecule has 4 heterocycles. The minimum Gasteiger partial charge on any atom is -0.309 e. The number of aromatic nitrogens is 6. The van der Waals surface area contributed by atoms with Crippen LogP contribution in [0.2, 0.25) is 0 Å². The van der Waals surface area contributed by atoms with Crippen LogP contribution in [-0.2, 0) is 10.8 Å². The Morgan fingerprint density at radius 2 is 0.847 bits per heavy atom. The molecule has 6 heteroatoms. The molecular weight excluding hydrogens is 721 g/mol. The van der Waals surface area contributed by atoms with Crippen LogP contribution < -0.4 is 0 Å². The summed E-state index contributed by atoms with van der Waals surface area (Å²) < 4.78 is 41.9. The van der Waals surface area contributed by atoms with E-state index in [1.165, 1.54) is 21.9 Å². The zero-order valence-electron chi connectivity index (χ0n) is 37.9. The van der Waals surface area contributed by atoms with Crippen LogP contribution in [0.4, 0.5) is 0 Å². The fourth-order valence-electron chi connectivity index (χ4n) is 8.76. The zero-order chi connectivity index (χ0) is 43.7. The number of para-hydroxylation sites is 5. The summed E-state index contributed by atoms with van der Waals surface area (Å²) in [5.74, 6) is 1.02. The Labute approximate surface area is 348 Å². The minimum atomic E-state index is -0.325. The first kappa shape index (κ1) is 31.0. The Bertz CT molecular complexity index is 3590. The smallest absolute Gasteiger partial charge is 0.240 e. The molecule has 0 amide bonds. The first-order chi connectivity index (χ1) is 30.2. The zero-order valence-corrected chi connectivity index (χ0v) is 33.9. The van der Waals surface area contributed by atoms with Crippen molar-refractivity contribution in [2.75, 3.05) is 0 Å². The van der Waals surface area contributed by atoms with Gasteiger partial charge in [-0.05, 0) is 82.6 Å². The summed E-state index contributed by atoms with van der Waals surface area (Å²) in [5.41, 5.74) is 8.98. The lowest BCUT2D eigenvalue weighted by molar-refractivity contribution is 0.590. The third-order valence-corrected chi connectivity index (χ3v) is 11.8. The van der Waals surface area contributed by atoms with Gasteiger partial charge in [0.15, 0.2) is 5.82 Å². The van der Waals surface area contributed by atoms with Crippen LogP contribution in [0.3, 0.4) is 0 Å². The highest BCUT2D eigenvalue weighted by Gasteiger charge is 2.25. The summed E-state index contributed by atoms with van der Waals surface area (Å²) in [6.45, 7) is 13.5. The second kappa shape index (κ2) is 12.7. The van der Waals surface area contributed by atoms with Crippen molar-refractivity contribution in [3.8, 4) is 29.0 Å². The summed E-state index contributed by atoms with van der Waals surface area (Å²) in [5, 5.41) is 5.52. The van der Waals surface area contributed by atoms with E-state index in [2.05, 4.69) is 117 Å². The highest BCUT2D eigenvalue weighted by atomic mass is 15.3. The van der Waals surface area contributed by atoms with E-state index in [0.717, 1.165) is 44.1 Å². The molecule has 0 radical (unpaired) electrons. The van der Waals surface area contributed by atoms with E-state index >= 15 is 0 Å². The Kier molecular flexibility index (Phi) is 6.69. The van der Waals surface area contributed by atoms with Gasteiger partial charge in [0.05, 0.1) is 44.3 Å². The molecule has 286 valence electrons. The number of hydrogen-bond acceptors (Lipinski definition) is 3. The molecule has 0 saturated heterocycles. The van der Waals surface area contributed by atoms with Gasteiger partial charge in [-0.3, -0.25) is 9.13 Å². The molecule has 0 spiro atoms. The number of benzene rings is 7. The fourth-order valence-corrected chi connectivity index (χ4v) is 8.76. The van der Waals surface area contributed by atoms with Crippen LogP contribution in [0.5, 0.6) is 0 Å². The molecule has 0 atom stereocenters. The number of fused-ring (bicyclic) bond motifs is 9. The average molecular weight is 769 g/mol. The Morgan fingerprint density at radius 3 is 1.39 bits per heavy atom. The van der Waals surface area contributed by atoms with Crippen LogP contribution in [-0.4, -0.2) is 28.7 Å². The predicted molar refractivity (Wildman–Crippen MR) is 246 cm³/mol. The molecule has 59 heavy (non-hydrogen) atoms. The topological polar surface area (TPSA) is 53.5 Å². The van der Waals surface area contributed by atoms with Crippen LogP contribution >= 0.6 is 0 Å². The van der Waals surface area contributed by atoms with Gasteiger partial charge in [-0.2, -0.15) is 15.0 Å². The quantitative estimate of drug-likeness (QED) is 0.179.